The maximum Gasteiger partial charge on any atom is 0.134 e. The topological polar surface area (TPSA) is 9.23 Å². The second kappa shape index (κ2) is 2.78. The second-order valence-electron chi connectivity index (χ2n) is 2.53. The molecule has 0 amide bonds. The van der Waals surface area contributed by atoms with Gasteiger partial charge in [-0.1, -0.05) is 24.8 Å². The average molecular weight is 166 g/mol. The number of hydrogen-bond donors (Lipinski definition) is 0. The van der Waals surface area contributed by atoms with Gasteiger partial charge in [-0.2, -0.15) is 0 Å². The van der Waals surface area contributed by atoms with E-state index in [1.165, 1.54) is 9.79 Å². The van der Waals surface area contributed by atoms with Gasteiger partial charge in [0.15, 0.2) is 0 Å². The highest BCUT2D eigenvalue weighted by Crippen LogP contribution is 2.53. The van der Waals surface area contributed by atoms with E-state index in [0.717, 1.165) is 18.8 Å². The molecule has 1 aromatic rings. The first-order valence-electron chi connectivity index (χ1n) is 3.85. The molecule has 1 aliphatic rings. The van der Waals surface area contributed by atoms with Crippen molar-refractivity contribution in [1.29, 1.82) is 0 Å². The second-order valence-corrected chi connectivity index (χ2v) is 3.59. The van der Waals surface area contributed by atoms with Crippen molar-refractivity contribution in [2.24, 2.45) is 0 Å². The third kappa shape index (κ3) is 1.36. The van der Waals surface area contributed by atoms with Gasteiger partial charge < -0.3 is 4.74 Å². The van der Waals surface area contributed by atoms with E-state index < -0.39 is 0 Å². The van der Waals surface area contributed by atoms with Crippen molar-refractivity contribution in [3.8, 4) is 5.75 Å². The van der Waals surface area contributed by atoms with Crippen LogP contribution in [0, 0.1) is 0 Å². The van der Waals surface area contributed by atoms with E-state index in [0.29, 0.717) is 0 Å². The summed E-state index contributed by atoms with van der Waals surface area (Å²) in [5.74, 6) is 1.06. The molecule has 0 spiro atoms. The van der Waals surface area contributed by atoms with Crippen molar-refractivity contribution < 1.29 is 4.74 Å². The van der Waals surface area contributed by atoms with Gasteiger partial charge in [-0.3, -0.25) is 0 Å². The maximum atomic E-state index is 5.52. The van der Waals surface area contributed by atoms with Crippen LogP contribution < -0.4 is 4.74 Å². The first-order valence-corrected chi connectivity index (χ1v) is 4.67. The smallest absolute Gasteiger partial charge is 0.134 e. The molecule has 0 aliphatic carbocycles. The molecule has 2 heteroatoms. The lowest BCUT2D eigenvalue weighted by atomic mass is 10.3. The molecular formula is C9H10OS. The van der Waals surface area contributed by atoms with E-state index in [-0.39, 0.29) is 0 Å². The number of hydrogen-bond acceptors (Lipinski definition) is 2. The van der Waals surface area contributed by atoms with Crippen molar-refractivity contribution in [2.45, 2.75) is 23.1 Å². The Kier molecular flexibility index (Phi) is 1.78. The van der Waals surface area contributed by atoms with Crippen LogP contribution in [0.25, 0.3) is 0 Å². The Balaban J connectivity index is 2.09. The molecule has 1 aromatic carbocycles. The lowest BCUT2D eigenvalue weighted by Crippen LogP contribution is -1.93. The minimum absolute atomic E-state index is 0.830. The van der Waals surface area contributed by atoms with Crippen LogP contribution in [0.1, 0.15) is 13.3 Å². The van der Waals surface area contributed by atoms with Crippen molar-refractivity contribution in [3.05, 3.63) is 18.2 Å². The van der Waals surface area contributed by atoms with Gasteiger partial charge in [-0.05, 0) is 18.6 Å². The quantitative estimate of drug-likeness (QED) is 0.648. The molecule has 0 atom stereocenters. The molecule has 58 valence electrons. The van der Waals surface area contributed by atoms with Gasteiger partial charge in [0.1, 0.15) is 5.75 Å². The Bertz CT molecular complexity index is 270. The van der Waals surface area contributed by atoms with Gasteiger partial charge in [0.25, 0.3) is 0 Å². The van der Waals surface area contributed by atoms with Gasteiger partial charge >= 0.3 is 0 Å². The Morgan fingerprint density at radius 3 is 3.18 bits per heavy atom. The zero-order chi connectivity index (χ0) is 7.68. The number of rotatable bonds is 3. The van der Waals surface area contributed by atoms with Gasteiger partial charge in [-0.15, -0.1) is 0 Å². The maximum absolute atomic E-state index is 5.52. The molecule has 0 fully saturated rings. The van der Waals surface area contributed by atoms with Crippen molar-refractivity contribution >= 4 is 11.8 Å². The molecular weight excluding hydrogens is 156 g/mol. The summed E-state index contributed by atoms with van der Waals surface area (Å²) in [7, 11) is 0. The summed E-state index contributed by atoms with van der Waals surface area (Å²) < 4.78 is 5.52. The Morgan fingerprint density at radius 1 is 1.45 bits per heavy atom. The number of fused-ring (bicyclic) bond motifs is 1. The molecule has 1 aliphatic heterocycles. The highest BCUT2D eigenvalue weighted by molar-refractivity contribution is 8.05. The van der Waals surface area contributed by atoms with E-state index in [4.69, 9.17) is 4.74 Å². The van der Waals surface area contributed by atoms with E-state index >= 15 is 0 Å². The van der Waals surface area contributed by atoms with Crippen LogP contribution in [0.15, 0.2) is 28.0 Å². The normalized spacial score (nSPS) is 12.5. The lowest BCUT2D eigenvalue weighted by Gasteiger charge is -2.01. The zero-order valence-corrected chi connectivity index (χ0v) is 7.28. The van der Waals surface area contributed by atoms with Crippen LogP contribution in [0.3, 0.4) is 0 Å². The third-order valence-electron chi connectivity index (χ3n) is 1.57. The van der Waals surface area contributed by atoms with Crippen LogP contribution >= 0.6 is 11.8 Å². The summed E-state index contributed by atoms with van der Waals surface area (Å²) in [6, 6.07) is 6.21. The van der Waals surface area contributed by atoms with Crippen LogP contribution in [0.4, 0.5) is 0 Å². The van der Waals surface area contributed by atoms with Crippen LogP contribution in [-0.4, -0.2) is 6.61 Å². The Morgan fingerprint density at radius 2 is 2.36 bits per heavy atom. The summed E-state index contributed by atoms with van der Waals surface area (Å²) in [4.78, 5) is 2.71. The molecule has 0 radical (unpaired) electrons. The molecule has 1 nitrogen and oxygen atoms in total. The van der Waals surface area contributed by atoms with Gasteiger partial charge in [0, 0.05) is 4.90 Å². The molecule has 0 aromatic heterocycles. The molecule has 11 heavy (non-hydrogen) atoms. The van der Waals surface area contributed by atoms with Gasteiger partial charge in [0.2, 0.25) is 0 Å². The van der Waals surface area contributed by atoms with Gasteiger partial charge in [-0.25, -0.2) is 0 Å². The van der Waals surface area contributed by atoms with Crippen molar-refractivity contribution in [3.63, 3.8) is 0 Å². The van der Waals surface area contributed by atoms with E-state index in [1.807, 2.05) is 23.9 Å². The van der Waals surface area contributed by atoms with Crippen molar-refractivity contribution in [1.82, 2.24) is 0 Å². The van der Waals surface area contributed by atoms with Crippen LogP contribution in [0.5, 0.6) is 5.75 Å². The summed E-state index contributed by atoms with van der Waals surface area (Å²) in [5, 5.41) is 0. The monoisotopic (exact) mass is 166 g/mol. The number of ether oxygens (including phenoxy) is 1. The predicted molar refractivity (Wildman–Crippen MR) is 46.4 cm³/mol. The average Bonchev–Trinajstić information content (AvgIpc) is 2.79. The van der Waals surface area contributed by atoms with Gasteiger partial charge in [0.05, 0.1) is 11.5 Å². The molecule has 0 N–H and O–H groups in total. The summed E-state index contributed by atoms with van der Waals surface area (Å²) >= 11 is 1.81. The zero-order valence-electron chi connectivity index (χ0n) is 6.46. The highest BCUT2D eigenvalue weighted by atomic mass is 32.2. The fourth-order valence-electron chi connectivity index (χ4n) is 0.990. The summed E-state index contributed by atoms with van der Waals surface area (Å²) in [5.41, 5.74) is 0. The number of benzene rings is 1. The molecule has 0 saturated carbocycles. The van der Waals surface area contributed by atoms with Crippen LogP contribution in [-0.2, 0) is 0 Å². The first-order chi connectivity index (χ1) is 5.42. The predicted octanol–water partition coefficient (Wildman–Crippen LogP) is 2.94. The molecule has 0 saturated heterocycles. The molecule has 1 heterocycles. The lowest BCUT2D eigenvalue weighted by molar-refractivity contribution is 0.310. The van der Waals surface area contributed by atoms with Crippen molar-refractivity contribution in [2.75, 3.05) is 6.61 Å². The third-order valence-corrected chi connectivity index (χ3v) is 2.56. The molecule has 2 rings (SSSR count). The molecule has 0 bridgehead atoms. The fraction of sp³-hybridized carbons (Fsp3) is 0.333. The van der Waals surface area contributed by atoms with E-state index in [2.05, 4.69) is 13.0 Å². The minimum Gasteiger partial charge on any atom is -0.492 e. The Labute approximate surface area is 70.8 Å². The highest BCUT2D eigenvalue weighted by Gasteiger charge is 2.22. The first kappa shape index (κ1) is 7.04. The SMILES string of the molecule is CCCOc1cccc2c1S2. The summed E-state index contributed by atoms with van der Waals surface area (Å²) in [6.07, 6.45) is 1.08. The van der Waals surface area contributed by atoms with Crippen LogP contribution in [0.2, 0.25) is 0 Å². The minimum atomic E-state index is 0.830. The standard InChI is InChI=1S/C9H10OS/c1-2-6-10-7-4-3-5-8-9(7)11-8/h3-5H,2,6H2,1H3. The molecule has 0 unspecified atom stereocenters. The largest absolute Gasteiger partial charge is 0.492 e. The Hall–Kier alpha value is -0.630. The van der Waals surface area contributed by atoms with E-state index in [9.17, 15) is 0 Å². The fourth-order valence-corrected chi connectivity index (χ4v) is 1.70. The van der Waals surface area contributed by atoms with E-state index in [1.54, 1.807) is 0 Å². The summed E-state index contributed by atoms with van der Waals surface area (Å²) in [6.45, 7) is 2.95.